The first kappa shape index (κ1) is 20.1. The summed E-state index contributed by atoms with van der Waals surface area (Å²) < 4.78 is 5.42. The summed E-state index contributed by atoms with van der Waals surface area (Å²) in [6, 6.07) is 18.2. The van der Waals surface area contributed by atoms with Gasteiger partial charge in [0.2, 0.25) is 0 Å². The SMILES string of the molecule is N#Cc1ccncc1CC(NC(=O)OCC1c2ccccc2-c2ccccc21)C(=O)O. The second-order valence-corrected chi connectivity index (χ2v) is 7.21. The summed E-state index contributed by atoms with van der Waals surface area (Å²) in [6.07, 6.45) is 1.98. The van der Waals surface area contributed by atoms with Crippen molar-refractivity contribution in [2.75, 3.05) is 6.61 Å². The van der Waals surface area contributed by atoms with Crippen molar-refractivity contribution in [3.8, 4) is 17.2 Å². The van der Waals surface area contributed by atoms with Crippen molar-refractivity contribution in [1.82, 2.24) is 10.3 Å². The number of fused-ring (bicyclic) bond motifs is 3. The van der Waals surface area contributed by atoms with Crippen molar-refractivity contribution >= 4 is 12.1 Å². The number of alkyl carbamates (subject to hydrolysis) is 1. The Hall–Kier alpha value is -4.18. The number of hydrogen-bond donors (Lipinski definition) is 2. The first-order valence-electron chi connectivity index (χ1n) is 9.75. The lowest BCUT2D eigenvalue weighted by molar-refractivity contribution is -0.139. The molecule has 7 heteroatoms. The lowest BCUT2D eigenvalue weighted by Crippen LogP contribution is -2.43. The Kier molecular flexibility index (Phi) is 5.63. The van der Waals surface area contributed by atoms with Gasteiger partial charge in [-0.15, -0.1) is 0 Å². The molecule has 2 aromatic carbocycles. The molecule has 1 unspecified atom stereocenters. The molecule has 154 valence electrons. The van der Waals surface area contributed by atoms with Gasteiger partial charge in [-0.1, -0.05) is 48.5 Å². The molecule has 2 N–H and O–H groups in total. The smallest absolute Gasteiger partial charge is 0.407 e. The second kappa shape index (κ2) is 8.67. The third-order valence-electron chi connectivity index (χ3n) is 5.38. The Balaban J connectivity index is 1.45. The Labute approximate surface area is 178 Å². The molecule has 0 saturated carbocycles. The van der Waals surface area contributed by atoms with E-state index in [9.17, 15) is 20.0 Å². The highest BCUT2D eigenvalue weighted by molar-refractivity contribution is 5.81. The first-order valence-corrected chi connectivity index (χ1v) is 9.75. The van der Waals surface area contributed by atoms with Crippen LogP contribution in [0.4, 0.5) is 4.79 Å². The number of ether oxygens (including phenoxy) is 1. The minimum Gasteiger partial charge on any atom is -0.480 e. The summed E-state index contributed by atoms with van der Waals surface area (Å²) in [5.74, 6) is -1.34. The van der Waals surface area contributed by atoms with Crippen LogP contribution < -0.4 is 5.32 Å². The van der Waals surface area contributed by atoms with E-state index in [4.69, 9.17) is 4.74 Å². The molecule has 0 fully saturated rings. The Morgan fingerprint density at radius 3 is 2.35 bits per heavy atom. The van der Waals surface area contributed by atoms with E-state index in [1.54, 1.807) is 0 Å². The maximum Gasteiger partial charge on any atom is 0.407 e. The normalized spacial score (nSPS) is 12.9. The minimum absolute atomic E-state index is 0.0732. The van der Waals surface area contributed by atoms with Crippen LogP contribution >= 0.6 is 0 Å². The fourth-order valence-electron chi connectivity index (χ4n) is 3.90. The highest BCUT2D eigenvalue weighted by Crippen LogP contribution is 2.44. The predicted octanol–water partition coefficient (Wildman–Crippen LogP) is 3.49. The Morgan fingerprint density at radius 2 is 1.74 bits per heavy atom. The van der Waals surface area contributed by atoms with Crippen molar-refractivity contribution in [2.24, 2.45) is 0 Å². The molecular weight excluding hydrogens is 394 g/mol. The molecule has 1 amide bonds. The average molecular weight is 413 g/mol. The number of carboxylic acids is 1. The van der Waals surface area contributed by atoms with Crippen LogP contribution in [0.5, 0.6) is 0 Å². The largest absolute Gasteiger partial charge is 0.480 e. The van der Waals surface area contributed by atoms with Crippen LogP contribution in [0.1, 0.15) is 28.2 Å². The number of nitrogens with one attached hydrogen (secondary N) is 1. The van der Waals surface area contributed by atoms with Crippen LogP contribution in [0.3, 0.4) is 0 Å². The van der Waals surface area contributed by atoms with Crippen molar-refractivity contribution in [1.29, 1.82) is 5.26 Å². The molecule has 0 radical (unpaired) electrons. The Bertz CT molecular complexity index is 1140. The molecule has 0 bridgehead atoms. The number of hydrogen-bond acceptors (Lipinski definition) is 5. The van der Waals surface area contributed by atoms with E-state index in [1.165, 1.54) is 18.5 Å². The van der Waals surface area contributed by atoms with E-state index in [2.05, 4.69) is 10.3 Å². The van der Waals surface area contributed by atoms with Crippen LogP contribution in [0, 0.1) is 11.3 Å². The maximum atomic E-state index is 12.4. The van der Waals surface area contributed by atoms with Crippen molar-refractivity contribution < 1.29 is 19.4 Å². The van der Waals surface area contributed by atoms with Gasteiger partial charge in [0.05, 0.1) is 11.6 Å². The number of aromatic nitrogens is 1. The molecule has 0 spiro atoms. The molecule has 4 rings (SSSR count). The van der Waals surface area contributed by atoms with Gasteiger partial charge < -0.3 is 15.2 Å². The zero-order valence-corrected chi connectivity index (χ0v) is 16.5. The molecule has 1 aliphatic carbocycles. The van der Waals surface area contributed by atoms with E-state index >= 15 is 0 Å². The Morgan fingerprint density at radius 1 is 1.10 bits per heavy atom. The number of carboxylic acid groups (broad SMARTS) is 1. The standard InChI is InChI=1S/C24H19N3O4/c25-12-15-9-10-26-13-16(15)11-22(23(28)29)27-24(30)31-14-21-19-7-3-1-5-17(19)18-6-2-4-8-20(18)21/h1-10,13,21-22H,11,14H2,(H,27,30)(H,28,29). The molecular formula is C24H19N3O4. The van der Waals surface area contributed by atoms with Gasteiger partial charge in [-0.2, -0.15) is 5.26 Å². The minimum atomic E-state index is -1.24. The zero-order chi connectivity index (χ0) is 21.8. The van der Waals surface area contributed by atoms with E-state index in [0.29, 0.717) is 11.1 Å². The summed E-state index contributed by atoms with van der Waals surface area (Å²) in [5, 5.41) is 21.1. The molecule has 1 heterocycles. The molecule has 1 aromatic heterocycles. The van der Waals surface area contributed by atoms with Gasteiger partial charge in [-0.25, -0.2) is 9.59 Å². The number of nitriles is 1. The lowest BCUT2D eigenvalue weighted by Gasteiger charge is -2.17. The molecule has 1 aliphatic rings. The molecule has 3 aromatic rings. The van der Waals surface area contributed by atoms with E-state index < -0.39 is 18.1 Å². The van der Waals surface area contributed by atoms with Crippen molar-refractivity contribution in [3.63, 3.8) is 0 Å². The third kappa shape index (κ3) is 4.09. The monoisotopic (exact) mass is 413 g/mol. The van der Waals surface area contributed by atoms with Crippen LogP contribution in [0.15, 0.2) is 67.0 Å². The lowest BCUT2D eigenvalue weighted by atomic mass is 9.98. The van der Waals surface area contributed by atoms with Gasteiger partial charge in [0.25, 0.3) is 0 Å². The molecule has 31 heavy (non-hydrogen) atoms. The average Bonchev–Trinajstić information content (AvgIpc) is 3.11. The van der Waals surface area contributed by atoms with E-state index in [0.717, 1.165) is 22.3 Å². The maximum absolute atomic E-state index is 12.4. The van der Waals surface area contributed by atoms with Crippen LogP contribution in [0.25, 0.3) is 11.1 Å². The van der Waals surface area contributed by atoms with Crippen LogP contribution in [0.2, 0.25) is 0 Å². The second-order valence-electron chi connectivity index (χ2n) is 7.21. The van der Waals surface area contributed by atoms with Gasteiger partial charge in [0.15, 0.2) is 0 Å². The number of carbonyl (C=O) groups is 2. The number of pyridine rings is 1. The number of aliphatic carboxylic acids is 1. The van der Waals surface area contributed by atoms with Gasteiger partial charge in [-0.05, 0) is 33.9 Å². The molecule has 0 aliphatic heterocycles. The number of amides is 1. The quantitative estimate of drug-likeness (QED) is 0.640. The summed E-state index contributed by atoms with van der Waals surface area (Å²) in [4.78, 5) is 28.0. The summed E-state index contributed by atoms with van der Waals surface area (Å²) >= 11 is 0. The molecule has 0 saturated heterocycles. The number of rotatable bonds is 6. The van der Waals surface area contributed by atoms with Crippen molar-refractivity contribution in [3.05, 3.63) is 89.2 Å². The molecule has 1 atom stereocenters. The van der Waals surface area contributed by atoms with Gasteiger partial charge in [0, 0.05) is 24.7 Å². The van der Waals surface area contributed by atoms with Gasteiger partial charge in [0.1, 0.15) is 12.6 Å². The fourth-order valence-corrected chi connectivity index (χ4v) is 3.90. The third-order valence-corrected chi connectivity index (χ3v) is 5.38. The first-order chi connectivity index (χ1) is 15.1. The molecule has 7 nitrogen and oxygen atoms in total. The highest BCUT2D eigenvalue weighted by atomic mass is 16.5. The number of benzene rings is 2. The fraction of sp³-hybridized carbons (Fsp3) is 0.167. The van der Waals surface area contributed by atoms with Crippen molar-refractivity contribution in [2.45, 2.75) is 18.4 Å². The number of carbonyl (C=O) groups excluding carboxylic acids is 1. The topological polar surface area (TPSA) is 112 Å². The summed E-state index contributed by atoms with van der Waals surface area (Å²) in [5.41, 5.74) is 5.11. The van der Waals surface area contributed by atoms with Gasteiger partial charge in [-0.3, -0.25) is 4.98 Å². The number of nitrogens with zero attached hydrogens (tertiary/aromatic N) is 2. The van der Waals surface area contributed by atoms with Crippen LogP contribution in [-0.4, -0.2) is 34.8 Å². The highest BCUT2D eigenvalue weighted by Gasteiger charge is 2.30. The van der Waals surface area contributed by atoms with E-state index in [-0.39, 0.29) is 18.9 Å². The van der Waals surface area contributed by atoms with Crippen LogP contribution in [-0.2, 0) is 16.0 Å². The van der Waals surface area contributed by atoms with E-state index in [1.807, 2.05) is 54.6 Å². The predicted molar refractivity (Wildman–Crippen MR) is 112 cm³/mol. The zero-order valence-electron chi connectivity index (χ0n) is 16.5. The summed E-state index contributed by atoms with van der Waals surface area (Å²) in [6.45, 7) is 0.0859. The van der Waals surface area contributed by atoms with Gasteiger partial charge >= 0.3 is 12.1 Å². The summed E-state index contributed by atoms with van der Waals surface area (Å²) in [7, 11) is 0.